The molecule has 2 aromatic rings. The first-order valence-corrected chi connectivity index (χ1v) is 8.49. The second-order valence-electron chi connectivity index (χ2n) is 6.22. The molecular formula is C18H20N4O6. The lowest BCUT2D eigenvalue weighted by Crippen LogP contribution is -2.28. The second-order valence-corrected chi connectivity index (χ2v) is 6.22. The minimum absolute atomic E-state index is 0.0524. The molecule has 0 radical (unpaired) electrons. The zero-order chi connectivity index (χ0) is 20.3. The fourth-order valence-corrected chi connectivity index (χ4v) is 3.01. The largest absolute Gasteiger partial charge is 0.497 e. The molecule has 1 aliphatic rings. The van der Waals surface area contributed by atoms with E-state index in [0.29, 0.717) is 17.2 Å². The third kappa shape index (κ3) is 4.05. The lowest BCUT2D eigenvalue weighted by molar-refractivity contribution is -0.137. The molecule has 1 atom stereocenters. The van der Waals surface area contributed by atoms with E-state index in [9.17, 15) is 14.4 Å². The predicted molar refractivity (Wildman–Crippen MR) is 98.5 cm³/mol. The summed E-state index contributed by atoms with van der Waals surface area (Å²) in [7, 11) is 3.03. The number of nitrogens with zero attached hydrogens (tertiary/aromatic N) is 3. The van der Waals surface area contributed by atoms with Gasteiger partial charge in [0, 0.05) is 31.3 Å². The highest BCUT2D eigenvalue weighted by Gasteiger charge is 2.36. The molecule has 1 aromatic heterocycles. The molecule has 28 heavy (non-hydrogen) atoms. The van der Waals surface area contributed by atoms with Crippen LogP contribution in [0.25, 0.3) is 0 Å². The summed E-state index contributed by atoms with van der Waals surface area (Å²) >= 11 is 0. The Morgan fingerprint density at radius 1 is 1.29 bits per heavy atom. The second kappa shape index (κ2) is 7.99. The van der Waals surface area contributed by atoms with Gasteiger partial charge in [-0.05, 0) is 12.1 Å². The fourth-order valence-electron chi connectivity index (χ4n) is 3.01. The van der Waals surface area contributed by atoms with Gasteiger partial charge in [0.1, 0.15) is 18.0 Å². The zero-order valence-corrected chi connectivity index (χ0v) is 15.4. The average molecular weight is 388 g/mol. The van der Waals surface area contributed by atoms with Gasteiger partial charge in [0.25, 0.3) is 0 Å². The molecule has 3 rings (SSSR count). The summed E-state index contributed by atoms with van der Waals surface area (Å²) in [5.74, 6) is -0.849. The highest BCUT2D eigenvalue weighted by Crippen LogP contribution is 2.35. The molecule has 2 N–H and O–H groups in total. The van der Waals surface area contributed by atoms with Crippen LogP contribution in [-0.2, 0) is 20.9 Å². The average Bonchev–Trinajstić information content (AvgIpc) is 3.26. The van der Waals surface area contributed by atoms with Gasteiger partial charge in [-0.3, -0.25) is 19.1 Å². The Bertz CT molecular complexity index is 909. The first-order chi connectivity index (χ1) is 13.4. The maximum Gasteiger partial charge on any atom is 0.325 e. The van der Waals surface area contributed by atoms with Crippen LogP contribution < -0.4 is 19.7 Å². The maximum atomic E-state index is 12.5. The monoisotopic (exact) mass is 388 g/mol. The number of ether oxygens (including phenoxy) is 2. The van der Waals surface area contributed by atoms with Gasteiger partial charge in [-0.2, -0.15) is 5.10 Å². The number of anilines is 2. The number of carbonyl (C=O) groups is 3. The van der Waals surface area contributed by atoms with Crippen molar-refractivity contribution in [3.05, 3.63) is 30.5 Å². The van der Waals surface area contributed by atoms with E-state index in [1.54, 1.807) is 18.2 Å². The van der Waals surface area contributed by atoms with Gasteiger partial charge >= 0.3 is 5.97 Å². The standard InChI is InChI=1S/C18H20N4O6/c1-27-12-3-4-13(14(8-12)28-2)22-9-11(7-16(22)23)18(26)19-15-5-6-21(20-15)10-17(24)25/h3-6,8,11H,7,9-10H2,1-2H3,(H,24,25)(H,19,20,26). The van der Waals surface area contributed by atoms with Crippen LogP contribution in [0.5, 0.6) is 11.5 Å². The van der Waals surface area contributed by atoms with E-state index in [1.165, 1.54) is 36.1 Å². The van der Waals surface area contributed by atoms with Crippen molar-refractivity contribution in [2.45, 2.75) is 13.0 Å². The van der Waals surface area contributed by atoms with Crippen molar-refractivity contribution in [1.29, 1.82) is 0 Å². The van der Waals surface area contributed by atoms with Crippen molar-refractivity contribution < 1.29 is 29.0 Å². The van der Waals surface area contributed by atoms with Crippen molar-refractivity contribution in [1.82, 2.24) is 9.78 Å². The van der Waals surface area contributed by atoms with Crippen molar-refractivity contribution in [3.63, 3.8) is 0 Å². The Balaban J connectivity index is 1.69. The third-order valence-electron chi connectivity index (χ3n) is 4.36. The molecule has 1 fully saturated rings. The molecule has 10 nitrogen and oxygen atoms in total. The van der Waals surface area contributed by atoms with Gasteiger partial charge in [-0.25, -0.2) is 0 Å². The molecule has 0 spiro atoms. The number of nitrogens with one attached hydrogen (secondary N) is 1. The summed E-state index contributed by atoms with van der Waals surface area (Å²) in [6.07, 6.45) is 1.51. The minimum atomic E-state index is -1.04. The molecule has 0 aliphatic carbocycles. The van der Waals surface area contributed by atoms with Gasteiger partial charge in [0.2, 0.25) is 11.8 Å². The number of aliphatic carboxylic acids is 1. The highest BCUT2D eigenvalue weighted by atomic mass is 16.5. The number of aromatic nitrogens is 2. The Morgan fingerprint density at radius 3 is 2.75 bits per heavy atom. The van der Waals surface area contributed by atoms with E-state index < -0.39 is 11.9 Å². The lowest BCUT2D eigenvalue weighted by Gasteiger charge is -2.20. The Labute approximate surface area is 160 Å². The number of amides is 2. The first-order valence-electron chi connectivity index (χ1n) is 8.49. The van der Waals surface area contributed by atoms with E-state index in [-0.39, 0.29) is 37.1 Å². The molecule has 10 heteroatoms. The van der Waals surface area contributed by atoms with Gasteiger partial charge in [0.15, 0.2) is 5.82 Å². The van der Waals surface area contributed by atoms with Crippen molar-refractivity contribution >= 4 is 29.3 Å². The maximum absolute atomic E-state index is 12.5. The molecule has 0 bridgehead atoms. The number of rotatable bonds is 7. The molecule has 2 amide bonds. The summed E-state index contributed by atoms with van der Waals surface area (Å²) in [4.78, 5) is 37.2. The molecule has 2 heterocycles. The van der Waals surface area contributed by atoms with Crippen LogP contribution >= 0.6 is 0 Å². The smallest absolute Gasteiger partial charge is 0.325 e. The third-order valence-corrected chi connectivity index (χ3v) is 4.36. The van der Waals surface area contributed by atoms with Crippen LogP contribution in [0.15, 0.2) is 30.5 Å². The number of hydrogen-bond acceptors (Lipinski definition) is 6. The Morgan fingerprint density at radius 2 is 2.07 bits per heavy atom. The SMILES string of the molecule is COc1ccc(N2CC(C(=O)Nc3ccn(CC(=O)O)n3)CC2=O)c(OC)c1. The van der Waals surface area contributed by atoms with E-state index in [1.807, 2.05) is 0 Å². The fraction of sp³-hybridized carbons (Fsp3) is 0.333. The van der Waals surface area contributed by atoms with Gasteiger partial charge < -0.3 is 24.8 Å². The molecule has 1 aromatic carbocycles. The topological polar surface area (TPSA) is 123 Å². The number of hydrogen-bond donors (Lipinski definition) is 2. The molecular weight excluding hydrogens is 368 g/mol. The number of carbonyl (C=O) groups excluding carboxylic acids is 2. The number of carboxylic acid groups (broad SMARTS) is 1. The minimum Gasteiger partial charge on any atom is -0.497 e. The summed E-state index contributed by atoms with van der Waals surface area (Å²) in [5.41, 5.74) is 0.564. The molecule has 1 aliphatic heterocycles. The lowest BCUT2D eigenvalue weighted by atomic mass is 10.1. The van der Waals surface area contributed by atoms with Crippen molar-refractivity contribution in [3.8, 4) is 11.5 Å². The van der Waals surface area contributed by atoms with Crippen LogP contribution in [0, 0.1) is 5.92 Å². The Hall–Kier alpha value is -3.56. The first kappa shape index (κ1) is 19.2. The highest BCUT2D eigenvalue weighted by molar-refractivity contribution is 6.04. The van der Waals surface area contributed by atoms with Gasteiger partial charge in [-0.1, -0.05) is 0 Å². The molecule has 148 valence electrons. The summed E-state index contributed by atoms with van der Waals surface area (Å²) < 4.78 is 11.7. The predicted octanol–water partition coefficient (Wildman–Crippen LogP) is 0.976. The van der Waals surface area contributed by atoms with Crippen LogP contribution in [0.4, 0.5) is 11.5 Å². The van der Waals surface area contributed by atoms with Gasteiger partial charge in [0.05, 0.1) is 25.8 Å². The summed E-state index contributed by atoms with van der Waals surface area (Å²) in [6.45, 7) is -0.105. The van der Waals surface area contributed by atoms with E-state index in [2.05, 4.69) is 10.4 Å². The Kier molecular flexibility index (Phi) is 5.48. The molecule has 0 saturated carbocycles. The van der Waals surface area contributed by atoms with Crippen LogP contribution in [-0.4, -0.2) is 53.4 Å². The quantitative estimate of drug-likeness (QED) is 0.725. The van der Waals surface area contributed by atoms with Crippen LogP contribution in [0.1, 0.15) is 6.42 Å². The van der Waals surface area contributed by atoms with Crippen LogP contribution in [0.2, 0.25) is 0 Å². The van der Waals surface area contributed by atoms with E-state index in [0.717, 1.165) is 0 Å². The molecule has 1 saturated heterocycles. The van der Waals surface area contributed by atoms with E-state index in [4.69, 9.17) is 14.6 Å². The number of methoxy groups -OCH3 is 2. The summed E-state index contributed by atoms with van der Waals surface area (Å²) in [5, 5.41) is 15.4. The number of benzene rings is 1. The van der Waals surface area contributed by atoms with Crippen LogP contribution in [0.3, 0.4) is 0 Å². The van der Waals surface area contributed by atoms with E-state index >= 15 is 0 Å². The summed E-state index contributed by atoms with van der Waals surface area (Å²) in [6, 6.07) is 6.60. The van der Waals surface area contributed by atoms with Gasteiger partial charge in [-0.15, -0.1) is 0 Å². The zero-order valence-electron chi connectivity index (χ0n) is 15.4. The normalized spacial score (nSPS) is 16.1. The number of carboxylic acids is 1. The molecule has 1 unspecified atom stereocenters. The van der Waals surface area contributed by atoms with Crippen molar-refractivity contribution in [2.24, 2.45) is 5.92 Å². The van der Waals surface area contributed by atoms with Crippen molar-refractivity contribution in [2.75, 3.05) is 31.0 Å².